The van der Waals surface area contributed by atoms with Gasteiger partial charge in [-0.3, -0.25) is 0 Å². The first kappa shape index (κ1) is 34.3. The number of benzene rings is 3. The summed E-state index contributed by atoms with van der Waals surface area (Å²) >= 11 is 12.6. The molecule has 0 aliphatic carbocycles. The average Bonchev–Trinajstić information content (AvgIpc) is 2.95. The SMILES string of the molecule is CC.CCc1cc(-c2cc(Cl)cc(Cl)c2)c(OCc2ccccc2)cc1OCCCCCC(C)(C)C#N.CN. The summed E-state index contributed by atoms with van der Waals surface area (Å²) in [7, 11) is 1.50. The Kier molecular flexibility index (Phi) is 16.3. The van der Waals surface area contributed by atoms with E-state index in [-0.39, 0.29) is 5.41 Å². The summed E-state index contributed by atoms with van der Waals surface area (Å²) in [5, 5.41) is 10.3. The Morgan fingerprint density at radius 1 is 0.846 bits per heavy atom. The lowest BCUT2D eigenvalue weighted by molar-refractivity contribution is 0.286. The van der Waals surface area contributed by atoms with Crippen molar-refractivity contribution < 1.29 is 9.47 Å². The number of ether oxygens (including phenoxy) is 2. The molecule has 0 spiro atoms. The standard InChI is InChI=1S/C30H33Cl2NO2.C2H6.CH5N/c1-4-23-17-27(24-15-25(31)18-26(32)16-24)29(35-20-22-11-7-5-8-12-22)19-28(23)34-14-10-6-9-13-30(2,3)21-33;2*1-2/h5,7-8,11-12,15-19H,4,6,9-10,13-14,20H2,1-3H3;1-2H3;2H2,1H3. The molecule has 0 saturated heterocycles. The summed E-state index contributed by atoms with van der Waals surface area (Å²) in [6.45, 7) is 11.2. The van der Waals surface area contributed by atoms with E-state index in [9.17, 15) is 5.26 Å². The van der Waals surface area contributed by atoms with E-state index in [1.54, 1.807) is 6.07 Å². The largest absolute Gasteiger partial charge is 0.493 e. The molecule has 4 nitrogen and oxygen atoms in total. The molecule has 0 atom stereocenters. The van der Waals surface area contributed by atoms with Crippen LogP contribution in [0.5, 0.6) is 11.5 Å². The smallest absolute Gasteiger partial charge is 0.131 e. The Balaban J connectivity index is 0.00000181. The quantitative estimate of drug-likeness (QED) is 0.220. The number of unbranched alkanes of at least 4 members (excludes halogenated alkanes) is 2. The first-order valence-corrected chi connectivity index (χ1v) is 14.5. The molecule has 39 heavy (non-hydrogen) atoms. The van der Waals surface area contributed by atoms with Crippen LogP contribution in [0.15, 0.2) is 60.7 Å². The van der Waals surface area contributed by atoms with Crippen LogP contribution >= 0.6 is 23.2 Å². The number of rotatable bonds is 12. The Bertz CT molecular complexity index is 1140. The van der Waals surface area contributed by atoms with E-state index in [1.807, 2.05) is 76.2 Å². The number of nitrogens with zero attached hydrogens (tertiary/aromatic N) is 1. The first-order chi connectivity index (χ1) is 18.8. The molecule has 0 aliphatic heterocycles. The number of hydrogen-bond donors (Lipinski definition) is 1. The van der Waals surface area contributed by atoms with Crippen molar-refractivity contribution in [3.8, 4) is 28.7 Å². The molecule has 3 aromatic rings. The highest BCUT2D eigenvalue weighted by molar-refractivity contribution is 6.35. The van der Waals surface area contributed by atoms with E-state index >= 15 is 0 Å². The minimum Gasteiger partial charge on any atom is -0.493 e. The van der Waals surface area contributed by atoms with Crippen LogP contribution in [0, 0.1) is 16.7 Å². The molecular weight excluding hydrogens is 527 g/mol. The Morgan fingerprint density at radius 3 is 2.08 bits per heavy atom. The first-order valence-electron chi connectivity index (χ1n) is 13.7. The molecule has 2 N–H and O–H groups in total. The highest BCUT2D eigenvalue weighted by Gasteiger charge is 2.16. The summed E-state index contributed by atoms with van der Waals surface area (Å²) < 4.78 is 12.5. The van der Waals surface area contributed by atoms with Crippen LogP contribution in [0.2, 0.25) is 10.0 Å². The summed E-state index contributed by atoms with van der Waals surface area (Å²) in [5.41, 5.74) is 8.28. The summed E-state index contributed by atoms with van der Waals surface area (Å²) in [6, 6.07) is 22.1. The highest BCUT2D eigenvalue weighted by atomic mass is 35.5. The van der Waals surface area contributed by atoms with E-state index in [0.29, 0.717) is 23.3 Å². The second-order valence-electron chi connectivity index (χ2n) is 9.40. The number of nitrogens with two attached hydrogens (primary N) is 1. The third-order valence-electron chi connectivity index (χ3n) is 5.96. The van der Waals surface area contributed by atoms with E-state index in [4.69, 9.17) is 32.7 Å². The fourth-order valence-electron chi connectivity index (χ4n) is 3.89. The maximum absolute atomic E-state index is 9.18. The van der Waals surface area contributed by atoms with Crippen LogP contribution < -0.4 is 15.2 Å². The predicted octanol–water partition coefficient (Wildman–Crippen LogP) is 9.89. The zero-order valence-electron chi connectivity index (χ0n) is 24.3. The van der Waals surface area contributed by atoms with Gasteiger partial charge in [0.15, 0.2) is 0 Å². The van der Waals surface area contributed by atoms with Crippen LogP contribution in [-0.2, 0) is 13.0 Å². The van der Waals surface area contributed by atoms with Crippen LogP contribution in [0.4, 0.5) is 0 Å². The van der Waals surface area contributed by atoms with Gasteiger partial charge < -0.3 is 15.2 Å². The van der Waals surface area contributed by atoms with Crippen LogP contribution in [0.1, 0.15) is 71.4 Å². The van der Waals surface area contributed by atoms with Crippen molar-refractivity contribution in [3.05, 3.63) is 81.8 Å². The van der Waals surface area contributed by atoms with Gasteiger partial charge in [-0.1, -0.05) is 87.1 Å². The molecule has 3 aromatic carbocycles. The summed E-state index contributed by atoms with van der Waals surface area (Å²) in [6.07, 6.45) is 4.72. The second-order valence-corrected chi connectivity index (χ2v) is 10.3. The third-order valence-corrected chi connectivity index (χ3v) is 6.40. The molecule has 3 rings (SSSR count). The molecule has 0 radical (unpaired) electrons. The van der Waals surface area contributed by atoms with Crippen LogP contribution in [0.3, 0.4) is 0 Å². The van der Waals surface area contributed by atoms with E-state index in [0.717, 1.165) is 65.9 Å². The van der Waals surface area contributed by atoms with Gasteiger partial charge in [-0.25, -0.2) is 0 Å². The maximum atomic E-state index is 9.18. The van der Waals surface area contributed by atoms with Gasteiger partial charge in [0.25, 0.3) is 0 Å². The second kappa shape index (κ2) is 18.6. The van der Waals surface area contributed by atoms with Gasteiger partial charge in [0.05, 0.1) is 18.1 Å². The molecule has 0 fully saturated rings. The van der Waals surface area contributed by atoms with Crippen molar-refractivity contribution in [2.45, 2.75) is 73.3 Å². The van der Waals surface area contributed by atoms with Crippen molar-refractivity contribution in [2.75, 3.05) is 13.7 Å². The van der Waals surface area contributed by atoms with E-state index in [2.05, 4.69) is 24.8 Å². The van der Waals surface area contributed by atoms with Gasteiger partial charge in [0, 0.05) is 21.7 Å². The highest BCUT2D eigenvalue weighted by Crippen LogP contribution is 2.39. The molecule has 6 heteroatoms. The Labute approximate surface area is 246 Å². The van der Waals surface area contributed by atoms with Gasteiger partial charge >= 0.3 is 0 Å². The number of halogens is 2. The van der Waals surface area contributed by atoms with Crippen LogP contribution in [0.25, 0.3) is 11.1 Å². The molecule has 0 saturated carbocycles. The minimum absolute atomic E-state index is 0.264. The van der Waals surface area contributed by atoms with Crippen molar-refractivity contribution in [1.29, 1.82) is 5.26 Å². The molecule has 0 aromatic heterocycles. The topological polar surface area (TPSA) is 68.3 Å². The van der Waals surface area contributed by atoms with Crippen molar-refractivity contribution in [3.63, 3.8) is 0 Å². The minimum atomic E-state index is -0.264. The summed E-state index contributed by atoms with van der Waals surface area (Å²) in [4.78, 5) is 0. The van der Waals surface area contributed by atoms with Gasteiger partial charge in [0.2, 0.25) is 0 Å². The van der Waals surface area contributed by atoms with Crippen molar-refractivity contribution >= 4 is 23.2 Å². The number of aryl methyl sites for hydroxylation is 1. The molecule has 212 valence electrons. The Hall–Kier alpha value is -2.71. The lowest BCUT2D eigenvalue weighted by atomic mass is 9.89. The van der Waals surface area contributed by atoms with Gasteiger partial charge in [-0.05, 0) is 81.1 Å². The average molecular weight is 572 g/mol. The number of nitriles is 1. The number of hydrogen-bond acceptors (Lipinski definition) is 4. The fourth-order valence-corrected chi connectivity index (χ4v) is 4.42. The van der Waals surface area contributed by atoms with Gasteiger partial charge in [-0.2, -0.15) is 5.26 Å². The lowest BCUT2D eigenvalue weighted by Crippen LogP contribution is -2.07. The molecule has 0 bridgehead atoms. The zero-order chi connectivity index (χ0) is 29.3. The molecule has 0 heterocycles. The monoisotopic (exact) mass is 570 g/mol. The van der Waals surface area contributed by atoms with Gasteiger partial charge in [0.1, 0.15) is 18.1 Å². The third kappa shape index (κ3) is 11.9. The maximum Gasteiger partial charge on any atom is 0.131 e. The van der Waals surface area contributed by atoms with E-state index in [1.165, 1.54) is 7.05 Å². The zero-order valence-corrected chi connectivity index (χ0v) is 25.8. The normalized spacial score (nSPS) is 10.4. The van der Waals surface area contributed by atoms with Crippen molar-refractivity contribution in [2.24, 2.45) is 11.1 Å². The van der Waals surface area contributed by atoms with Crippen molar-refractivity contribution in [1.82, 2.24) is 0 Å². The molecule has 0 aliphatic rings. The van der Waals surface area contributed by atoms with Gasteiger partial charge in [-0.15, -0.1) is 0 Å². The molecule has 0 amide bonds. The molecule has 0 unspecified atom stereocenters. The fraction of sp³-hybridized carbons (Fsp3) is 0.424. The van der Waals surface area contributed by atoms with E-state index < -0.39 is 0 Å². The Morgan fingerprint density at radius 2 is 1.49 bits per heavy atom. The lowest BCUT2D eigenvalue weighted by Gasteiger charge is -2.18. The van der Waals surface area contributed by atoms with Crippen LogP contribution in [-0.4, -0.2) is 13.7 Å². The predicted molar refractivity (Wildman–Crippen MR) is 167 cm³/mol. The summed E-state index contributed by atoms with van der Waals surface area (Å²) in [5.74, 6) is 1.57. The molecular formula is C33H44Cl2N2O2.